The number of halogens is 2. The molecule has 1 heterocycles. The van der Waals surface area contributed by atoms with Crippen molar-refractivity contribution in [3.63, 3.8) is 0 Å². The Morgan fingerprint density at radius 1 is 1.71 bits per heavy atom. The summed E-state index contributed by atoms with van der Waals surface area (Å²) < 4.78 is 7.60. The number of nitrogens with zero attached hydrogens (tertiary/aromatic N) is 1. The molecule has 0 fully saturated rings. The van der Waals surface area contributed by atoms with Crippen molar-refractivity contribution in [1.82, 2.24) is 0 Å². The van der Waals surface area contributed by atoms with Gasteiger partial charge < -0.3 is 0 Å². The van der Waals surface area contributed by atoms with Crippen LogP contribution in [-0.4, -0.2) is 0 Å². The summed E-state index contributed by atoms with van der Waals surface area (Å²) in [5, 5.41) is 0. The number of rotatable bonds is 0. The Morgan fingerprint density at radius 3 is 2.86 bits per heavy atom. The van der Waals surface area contributed by atoms with Gasteiger partial charge >= 0.3 is 0 Å². The van der Waals surface area contributed by atoms with E-state index in [-0.39, 0.29) is 21.0 Å². The number of hydrogen-bond acceptors (Lipinski definition) is 1. The predicted octanol–water partition coefficient (Wildman–Crippen LogP) is 2.94. The average Bonchev–Trinajstić information content (AvgIpc) is 1.69. The van der Waals surface area contributed by atoms with Crippen molar-refractivity contribution in [2.24, 2.45) is 3.15 Å². The first-order valence-electron chi connectivity index (χ1n) is 1.75. The molecule has 0 aliphatic carbocycles. The van der Waals surface area contributed by atoms with Crippen molar-refractivity contribution in [2.45, 2.75) is 0 Å². The molecule has 1 rings (SSSR count). The molecule has 1 aliphatic rings. The normalized spacial score (nSPS) is 18.1. The van der Waals surface area contributed by atoms with Crippen LogP contribution in [0.15, 0.2) is 23.1 Å². The van der Waals surface area contributed by atoms with Crippen molar-refractivity contribution in [2.75, 3.05) is 0 Å². The highest BCUT2D eigenvalue weighted by Gasteiger charge is 1.82. The maximum atomic E-state index is 4.08. The minimum absolute atomic E-state index is 0.0431. The van der Waals surface area contributed by atoms with Crippen LogP contribution in [0, 0.1) is 0 Å². The maximum absolute atomic E-state index is 4.08. The zero-order valence-electron chi connectivity index (χ0n) is 3.44. The Morgan fingerprint density at radius 2 is 2.57 bits per heavy atom. The third kappa shape index (κ3) is 1.98. The maximum Gasteiger partial charge on any atom is 0.0340 e. The minimum atomic E-state index is 0.0431. The van der Waals surface area contributed by atoms with Crippen LogP contribution in [0.5, 0.6) is 0 Å². The molecule has 0 bridgehead atoms. The highest BCUT2D eigenvalue weighted by Crippen LogP contribution is 2.19. The summed E-state index contributed by atoms with van der Waals surface area (Å²) in [6.07, 6.45) is 3.90. The van der Waals surface area contributed by atoms with Crippen molar-refractivity contribution < 1.29 is 0 Å². The van der Waals surface area contributed by atoms with E-state index in [1.165, 1.54) is 3.58 Å². The molecular formula is C4H3I2N. The van der Waals surface area contributed by atoms with Crippen molar-refractivity contribution in [1.29, 1.82) is 0 Å². The Kier molecular flexibility index (Phi) is 2.44. The predicted molar refractivity (Wildman–Crippen MR) is 47.7 cm³/mol. The summed E-state index contributed by atoms with van der Waals surface area (Å²) in [6, 6.07) is 0. The average molecular weight is 319 g/mol. The van der Waals surface area contributed by atoms with Crippen LogP contribution in [-0.2, 0) is 0 Å². The van der Waals surface area contributed by atoms with Crippen LogP contribution in [0.2, 0.25) is 0 Å². The van der Waals surface area contributed by atoms with Gasteiger partial charge in [0, 0.05) is 34.9 Å². The van der Waals surface area contributed by atoms with Crippen LogP contribution < -0.4 is 0 Å². The molecule has 0 N–H and O–H groups in total. The third-order valence-electron chi connectivity index (χ3n) is 0.499. The highest BCUT2D eigenvalue weighted by molar-refractivity contribution is 14.2. The topological polar surface area (TPSA) is 12.4 Å². The molecule has 0 aromatic rings. The lowest BCUT2D eigenvalue weighted by Gasteiger charge is -1.85. The van der Waals surface area contributed by atoms with Gasteiger partial charge in [0.1, 0.15) is 0 Å². The fourth-order valence-corrected chi connectivity index (χ4v) is 2.09. The van der Waals surface area contributed by atoms with Crippen molar-refractivity contribution in [3.8, 4) is 0 Å². The van der Waals surface area contributed by atoms with Crippen LogP contribution >= 0.6 is 43.6 Å². The second-order valence-electron chi connectivity index (χ2n) is 1.00. The van der Waals surface area contributed by atoms with E-state index in [4.69, 9.17) is 0 Å². The van der Waals surface area contributed by atoms with Crippen LogP contribution in [0.4, 0.5) is 0 Å². The summed E-state index contributed by atoms with van der Waals surface area (Å²) in [4.78, 5) is 0. The zero-order chi connectivity index (χ0) is 5.11. The lowest BCUT2D eigenvalue weighted by Crippen LogP contribution is -1.57. The summed E-state index contributed by atoms with van der Waals surface area (Å²) in [7, 11) is 0. The van der Waals surface area contributed by atoms with E-state index in [0.717, 1.165) is 0 Å². The molecule has 1 nitrogen and oxygen atoms in total. The van der Waals surface area contributed by atoms with Gasteiger partial charge in [-0.05, 0) is 28.7 Å². The second kappa shape index (κ2) is 2.91. The van der Waals surface area contributed by atoms with E-state index >= 15 is 0 Å². The molecule has 0 aromatic carbocycles. The minimum Gasteiger partial charge on any atom is -0.230 e. The fourth-order valence-electron chi connectivity index (χ4n) is 0.243. The lowest BCUT2D eigenvalue weighted by atomic mass is 10.6. The van der Waals surface area contributed by atoms with Gasteiger partial charge in [-0.25, -0.2) is 3.15 Å². The van der Waals surface area contributed by atoms with Crippen molar-refractivity contribution >= 4 is 43.6 Å². The summed E-state index contributed by atoms with van der Waals surface area (Å²) >= 11 is 2.34. The van der Waals surface area contributed by atoms with Gasteiger partial charge in [0.05, 0.1) is 0 Å². The highest BCUT2D eigenvalue weighted by atomic mass is 127. The van der Waals surface area contributed by atoms with Gasteiger partial charge in [-0.15, -0.1) is 0 Å². The molecule has 1 aliphatic heterocycles. The number of allylic oxidation sites excluding steroid dienone is 2. The van der Waals surface area contributed by atoms with E-state index in [2.05, 4.69) is 29.8 Å². The first-order chi connectivity index (χ1) is 3.39. The molecule has 3 heteroatoms. The molecule has 0 aromatic heterocycles. The largest absolute Gasteiger partial charge is 0.230 e. The van der Waals surface area contributed by atoms with Crippen molar-refractivity contribution in [3.05, 3.63) is 19.9 Å². The van der Waals surface area contributed by atoms with Crippen LogP contribution in [0.3, 0.4) is 0 Å². The molecule has 0 atom stereocenters. The van der Waals surface area contributed by atoms with Gasteiger partial charge in [0.2, 0.25) is 0 Å². The first-order valence-corrected chi connectivity index (χ1v) is 5.03. The molecule has 38 valence electrons. The lowest BCUT2D eigenvalue weighted by molar-refractivity contribution is 1.67. The second-order valence-corrected chi connectivity index (χ2v) is 3.99. The Labute approximate surface area is 66.2 Å². The molecule has 0 amide bonds. The monoisotopic (exact) mass is 319 g/mol. The number of hydrogen-bond donors (Lipinski definition) is 0. The van der Waals surface area contributed by atoms with Crippen LogP contribution in [0.25, 0.3) is 0 Å². The fraction of sp³-hybridized carbons (Fsp3) is 0. The third-order valence-corrected chi connectivity index (χ3v) is 3.95. The van der Waals surface area contributed by atoms with Gasteiger partial charge in [0.15, 0.2) is 0 Å². The summed E-state index contributed by atoms with van der Waals surface area (Å²) in [5.74, 6) is 0. The van der Waals surface area contributed by atoms with E-state index in [1.807, 2.05) is 12.3 Å². The van der Waals surface area contributed by atoms with Gasteiger partial charge in [0.25, 0.3) is 0 Å². The van der Waals surface area contributed by atoms with E-state index in [1.54, 1.807) is 0 Å². The van der Waals surface area contributed by atoms with Gasteiger partial charge in [-0.2, -0.15) is 0 Å². The van der Waals surface area contributed by atoms with Gasteiger partial charge in [-0.3, -0.25) is 0 Å². The first kappa shape index (κ1) is 5.87. The molecule has 0 unspecified atom stereocenters. The molecule has 0 radical (unpaired) electrons. The summed E-state index contributed by atoms with van der Waals surface area (Å²) in [6.45, 7) is 0. The SMILES string of the molecule is IC1=CI=NC=C1. The van der Waals surface area contributed by atoms with E-state index < -0.39 is 0 Å². The Balaban J connectivity index is 2.82. The van der Waals surface area contributed by atoms with Crippen LogP contribution in [0.1, 0.15) is 0 Å². The zero-order valence-corrected chi connectivity index (χ0v) is 7.75. The quantitative estimate of drug-likeness (QED) is 0.609. The smallest absolute Gasteiger partial charge is 0.0340 e. The molecule has 0 spiro atoms. The Hall–Kier alpha value is 0.740. The molecule has 0 saturated carbocycles. The molecular weight excluding hydrogens is 316 g/mol. The summed E-state index contributed by atoms with van der Waals surface area (Å²) in [5.41, 5.74) is 0. The van der Waals surface area contributed by atoms with E-state index in [9.17, 15) is 0 Å². The van der Waals surface area contributed by atoms with E-state index in [0.29, 0.717) is 0 Å². The standard InChI is InChI=1S/C4H3I2N/c5-4-1-2-7-6-3-4/h1-3H. The molecule has 7 heavy (non-hydrogen) atoms. The molecule has 0 saturated heterocycles. The Bertz CT molecular complexity index is 146. The van der Waals surface area contributed by atoms with Gasteiger partial charge in [-0.1, -0.05) is 0 Å².